The van der Waals surface area contributed by atoms with Crippen molar-refractivity contribution in [3.05, 3.63) is 58.8 Å². The number of esters is 1. The maximum atomic E-state index is 12.7. The fourth-order valence-electron chi connectivity index (χ4n) is 3.60. The molecule has 3 aromatic rings. The topological polar surface area (TPSA) is 77.4 Å². The van der Waals surface area contributed by atoms with Gasteiger partial charge in [0.2, 0.25) is 0 Å². The van der Waals surface area contributed by atoms with E-state index in [1.54, 1.807) is 28.8 Å². The highest BCUT2D eigenvalue weighted by atomic mass is 16.5. The van der Waals surface area contributed by atoms with Gasteiger partial charge in [0.05, 0.1) is 11.0 Å². The first-order valence-electron chi connectivity index (χ1n) is 9.12. The Bertz CT molecular complexity index is 1030. The molecule has 1 fully saturated rings. The molecule has 27 heavy (non-hydrogen) atoms. The normalized spacial score (nSPS) is 17.5. The van der Waals surface area contributed by atoms with Crippen molar-refractivity contribution in [2.24, 2.45) is 0 Å². The minimum atomic E-state index is -0.753. The highest BCUT2D eigenvalue weighted by Crippen LogP contribution is 2.19. The molecule has 2 heterocycles. The van der Waals surface area contributed by atoms with Gasteiger partial charge in [-0.3, -0.25) is 14.4 Å². The van der Waals surface area contributed by atoms with E-state index in [9.17, 15) is 14.4 Å². The Morgan fingerprint density at radius 3 is 2.30 bits per heavy atom. The van der Waals surface area contributed by atoms with Gasteiger partial charge in [0.15, 0.2) is 11.5 Å². The van der Waals surface area contributed by atoms with Crippen LogP contribution in [0.25, 0.3) is 21.8 Å². The van der Waals surface area contributed by atoms with Gasteiger partial charge in [0, 0.05) is 17.3 Å². The van der Waals surface area contributed by atoms with E-state index in [-0.39, 0.29) is 17.9 Å². The molecule has 1 aromatic heterocycles. The number of para-hydroxylation sites is 2. The summed E-state index contributed by atoms with van der Waals surface area (Å²) in [7, 11) is 0. The quantitative estimate of drug-likeness (QED) is 0.572. The standard InChI is InChI=1S/C21H20N2O4/c24-19(27-18-11-5-6-12-22-21(18)26)13-23-16-9-3-1-7-14(16)20(25)15-8-2-4-10-17(15)23/h1-4,7-10,18H,5-6,11-13H2,(H,22,26). The van der Waals surface area contributed by atoms with Gasteiger partial charge in [0.25, 0.3) is 5.91 Å². The van der Waals surface area contributed by atoms with Gasteiger partial charge in [-0.1, -0.05) is 24.3 Å². The van der Waals surface area contributed by atoms with Crippen LogP contribution in [0.5, 0.6) is 0 Å². The minimum Gasteiger partial charge on any atom is -0.451 e. The molecule has 1 saturated heterocycles. The molecule has 0 radical (unpaired) electrons. The lowest BCUT2D eigenvalue weighted by Gasteiger charge is -2.17. The third kappa shape index (κ3) is 3.30. The van der Waals surface area contributed by atoms with Crippen molar-refractivity contribution in [2.45, 2.75) is 31.9 Å². The summed E-state index contributed by atoms with van der Waals surface area (Å²) >= 11 is 0. The summed E-state index contributed by atoms with van der Waals surface area (Å²) in [6, 6.07) is 14.4. The third-order valence-corrected chi connectivity index (χ3v) is 4.92. The molecule has 2 aromatic carbocycles. The maximum Gasteiger partial charge on any atom is 0.326 e. The van der Waals surface area contributed by atoms with Crippen LogP contribution in [-0.2, 0) is 20.9 Å². The van der Waals surface area contributed by atoms with Crippen molar-refractivity contribution >= 4 is 33.7 Å². The molecule has 1 aliphatic rings. The summed E-state index contributed by atoms with van der Waals surface area (Å²) in [6.45, 7) is 0.549. The van der Waals surface area contributed by atoms with E-state index in [1.807, 2.05) is 24.3 Å². The van der Waals surface area contributed by atoms with Crippen molar-refractivity contribution in [3.63, 3.8) is 0 Å². The maximum absolute atomic E-state index is 12.7. The predicted molar refractivity (Wildman–Crippen MR) is 102 cm³/mol. The van der Waals surface area contributed by atoms with Crippen molar-refractivity contribution in [1.82, 2.24) is 9.88 Å². The summed E-state index contributed by atoms with van der Waals surface area (Å²) in [5, 5.41) is 3.87. The lowest BCUT2D eigenvalue weighted by Crippen LogP contribution is -2.36. The first-order chi connectivity index (χ1) is 13.1. The van der Waals surface area contributed by atoms with Gasteiger partial charge in [-0.2, -0.15) is 0 Å². The zero-order chi connectivity index (χ0) is 18.8. The lowest BCUT2D eigenvalue weighted by molar-refractivity contribution is -0.156. The van der Waals surface area contributed by atoms with E-state index in [4.69, 9.17) is 4.74 Å². The fourth-order valence-corrected chi connectivity index (χ4v) is 3.60. The van der Waals surface area contributed by atoms with Gasteiger partial charge in [-0.25, -0.2) is 0 Å². The van der Waals surface area contributed by atoms with Gasteiger partial charge in [-0.05, 0) is 43.5 Å². The van der Waals surface area contributed by atoms with E-state index < -0.39 is 12.1 Å². The SMILES string of the molecule is O=C(Cn1c2ccccc2c(=O)c2ccccc21)OC1CCCCNC1=O. The Morgan fingerprint density at radius 2 is 1.63 bits per heavy atom. The molecule has 0 saturated carbocycles. The van der Waals surface area contributed by atoms with Crippen LogP contribution in [0.1, 0.15) is 19.3 Å². The minimum absolute atomic E-state index is 0.0611. The Morgan fingerprint density at radius 1 is 1.00 bits per heavy atom. The molecule has 138 valence electrons. The number of pyridine rings is 1. The number of benzene rings is 2. The smallest absolute Gasteiger partial charge is 0.326 e. The van der Waals surface area contributed by atoms with Crippen molar-refractivity contribution in [3.8, 4) is 0 Å². The number of carbonyl (C=O) groups is 2. The van der Waals surface area contributed by atoms with Crippen LogP contribution < -0.4 is 10.7 Å². The average molecular weight is 364 g/mol. The molecule has 0 bridgehead atoms. The van der Waals surface area contributed by atoms with Crippen molar-refractivity contribution in [2.75, 3.05) is 6.54 Å². The van der Waals surface area contributed by atoms with Gasteiger partial charge in [-0.15, -0.1) is 0 Å². The molecule has 0 spiro atoms. The zero-order valence-corrected chi connectivity index (χ0v) is 14.8. The molecule has 4 rings (SSSR count). The second-order valence-corrected chi connectivity index (χ2v) is 6.71. The summed E-state index contributed by atoms with van der Waals surface area (Å²) in [4.78, 5) is 37.4. The average Bonchev–Trinajstić information content (AvgIpc) is 2.89. The van der Waals surface area contributed by atoms with E-state index >= 15 is 0 Å². The van der Waals surface area contributed by atoms with Crippen LogP contribution in [0, 0.1) is 0 Å². The van der Waals surface area contributed by atoms with E-state index in [0.717, 1.165) is 12.8 Å². The Kier molecular flexibility index (Phi) is 4.62. The number of hydrogen-bond acceptors (Lipinski definition) is 4. The second-order valence-electron chi connectivity index (χ2n) is 6.71. The summed E-state index contributed by atoms with van der Waals surface area (Å²) in [5.41, 5.74) is 1.28. The molecule has 6 nitrogen and oxygen atoms in total. The van der Waals surface area contributed by atoms with Crippen LogP contribution in [-0.4, -0.2) is 29.1 Å². The highest BCUT2D eigenvalue weighted by Gasteiger charge is 2.25. The first-order valence-corrected chi connectivity index (χ1v) is 9.12. The van der Waals surface area contributed by atoms with Crippen LogP contribution >= 0.6 is 0 Å². The number of nitrogens with zero attached hydrogens (tertiary/aromatic N) is 1. The number of carbonyl (C=O) groups excluding carboxylic acids is 2. The number of nitrogens with one attached hydrogen (secondary N) is 1. The van der Waals surface area contributed by atoms with Crippen LogP contribution in [0.4, 0.5) is 0 Å². The zero-order valence-electron chi connectivity index (χ0n) is 14.8. The molecule has 1 atom stereocenters. The summed E-state index contributed by atoms with van der Waals surface area (Å²) in [6.07, 6.45) is 1.50. The molecular weight excluding hydrogens is 344 g/mol. The Balaban J connectivity index is 1.72. The van der Waals surface area contributed by atoms with Crippen LogP contribution in [0.3, 0.4) is 0 Å². The van der Waals surface area contributed by atoms with Gasteiger partial charge < -0.3 is 14.6 Å². The molecule has 1 amide bonds. The number of ether oxygens (including phenoxy) is 1. The summed E-state index contributed by atoms with van der Waals surface area (Å²) in [5.74, 6) is -0.730. The molecule has 1 aliphatic heterocycles. The largest absolute Gasteiger partial charge is 0.451 e. The first kappa shape index (κ1) is 17.3. The number of hydrogen-bond donors (Lipinski definition) is 1. The molecule has 1 N–H and O–H groups in total. The van der Waals surface area contributed by atoms with Gasteiger partial charge >= 0.3 is 5.97 Å². The fraction of sp³-hybridized carbons (Fsp3) is 0.286. The Labute approximate surface area is 155 Å². The van der Waals surface area contributed by atoms with E-state index in [1.165, 1.54) is 0 Å². The number of aromatic nitrogens is 1. The number of rotatable bonds is 3. The number of fused-ring (bicyclic) bond motifs is 2. The van der Waals surface area contributed by atoms with Crippen LogP contribution in [0.2, 0.25) is 0 Å². The highest BCUT2D eigenvalue weighted by molar-refractivity contribution is 5.94. The molecular formula is C21H20N2O4. The van der Waals surface area contributed by atoms with Crippen molar-refractivity contribution < 1.29 is 14.3 Å². The molecule has 1 unspecified atom stereocenters. The van der Waals surface area contributed by atoms with E-state index in [0.29, 0.717) is 34.8 Å². The predicted octanol–water partition coefficient (Wildman–Crippen LogP) is 2.37. The summed E-state index contributed by atoms with van der Waals surface area (Å²) < 4.78 is 7.25. The monoisotopic (exact) mass is 364 g/mol. The molecule has 0 aliphatic carbocycles. The van der Waals surface area contributed by atoms with Crippen LogP contribution in [0.15, 0.2) is 53.3 Å². The van der Waals surface area contributed by atoms with Gasteiger partial charge in [0.1, 0.15) is 6.54 Å². The van der Waals surface area contributed by atoms with E-state index in [2.05, 4.69) is 5.32 Å². The second kappa shape index (κ2) is 7.23. The molecule has 6 heteroatoms. The Hall–Kier alpha value is -3.15. The van der Waals surface area contributed by atoms with Crippen molar-refractivity contribution in [1.29, 1.82) is 0 Å². The lowest BCUT2D eigenvalue weighted by atomic mass is 10.1. The third-order valence-electron chi connectivity index (χ3n) is 4.92. The number of amides is 1.